The molecule has 0 aliphatic rings. The first-order chi connectivity index (χ1) is 7.59. The van der Waals surface area contributed by atoms with Crippen molar-refractivity contribution in [2.45, 2.75) is 24.2 Å². The van der Waals surface area contributed by atoms with E-state index in [0.29, 0.717) is 5.56 Å². The van der Waals surface area contributed by atoms with Gasteiger partial charge in [-0.3, -0.25) is 0 Å². The smallest absolute Gasteiger partial charge is 0.179 e. The maximum atomic E-state index is 13.7. The Morgan fingerprint density at radius 3 is 2.29 bits per heavy atom. The van der Waals surface area contributed by atoms with E-state index in [0.717, 1.165) is 12.3 Å². The predicted octanol–water partition coefficient (Wildman–Crippen LogP) is 2.15. The van der Waals surface area contributed by atoms with Crippen LogP contribution in [0.15, 0.2) is 17.0 Å². The molecule has 3 nitrogen and oxygen atoms in total. The van der Waals surface area contributed by atoms with Crippen LogP contribution in [0.25, 0.3) is 0 Å². The van der Waals surface area contributed by atoms with E-state index in [2.05, 4.69) is 0 Å². The van der Waals surface area contributed by atoms with Crippen LogP contribution in [0.1, 0.15) is 19.4 Å². The minimum absolute atomic E-state index is 0.163. The zero-order valence-electron chi connectivity index (χ0n) is 9.79. The summed E-state index contributed by atoms with van der Waals surface area (Å²) in [5, 5.41) is 9.01. The van der Waals surface area contributed by atoms with Crippen LogP contribution in [0.4, 0.5) is 4.39 Å². The molecule has 0 fully saturated rings. The Hall–Kier alpha value is -0.650. The summed E-state index contributed by atoms with van der Waals surface area (Å²) >= 11 is 5.78. The van der Waals surface area contributed by atoms with Crippen LogP contribution in [-0.4, -0.2) is 26.4 Å². The van der Waals surface area contributed by atoms with Gasteiger partial charge in [0.15, 0.2) is 9.84 Å². The van der Waals surface area contributed by atoms with Crippen molar-refractivity contribution in [2.75, 3.05) is 12.9 Å². The normalized spacial score (nSPS) is 12.8. The fourth-order valence-corrected chi connectivity index (χ4v) is 2.85. The topological polar surface area (TPSA) is 54.4 Å². The van der Waals surface area contributed by atoms with E-state index in [-0.39, 0.29) is 11.6 Å². The van der Waals surface area contributed by atoms with Gasteiger partial charge in [-0.1, -0.05) is 25.4 Å². The molecule has 0 amide bonds. The summed E-state index contributed by atoms with van der Waals surface area (Å²) in [4.78, 5) is -0.503. The number of halogens is 2. The lowest BCUT2D eigenvalue weighted by Crippen LogP contribution is -2.22. The van der Waals surface area contributed by atoms with Crippen LogP contribution in [0, 0.1) is 5.82 Å². The second-order valence-electron chi connectivity index (χ2n) is 4.58. The van der Waals surface area contributed by atoms with Gasteiger partial charge >= 0.3 is 0 Å². The number of aliphatic hydroxyl groups excluding tert-OH is 1. The van der Waals surface area contributed by atoms with E-state index < -0.39 is 26.0 Å². The molecular weight excluding hydrogens is 267 g/mol. The zero-order valence-corrected chi connectivity index (χ0v) is 11.4. The van der Waals surface area contributed by atoms with Gasteiger partial charge < -0.3 is 5.11 Å². The summed E-state index contributed by atoms with van der Waals surface area (Å²) in [6.45, 7) is 3.22. The van der Waals surface area contributed by atoms with Gasteiger partial charge in [-0.25, -0.2) is 12.8 Å². The number of aliphatic hydroxyl groups is 1. The van der Waals surface area contributed by atoms with Crippen LogP contribution in [-0.2, 0) is 15.3 Å². The number of benzene rings is 1. The van der Waals surface area contributed by atoms with Gasteiger partial charge in [0.25, 0.3) is 0 Å². The lowest BCUT2D eigenvalue weighted by atomic mass is 9.86. The highest BCUT2D eigenvalue weighted by Crippen LogP contribution is 2.31. The second-order valence-corrected chi connectivity index (χ2v) is 6.94. The Kier molecular flexibility index (Phi) is 3.86. The van der Waals surface area contributed by atoms with E-state index in [1.807, 2.05) is 0 Å². The summed E-state index contributed by atoms with van der Waals surface area (Å²) in [6.07, 6.45) is 0.897. The third-order valence-corrected chi connectivity index (χ3v) is 4.11. The highest BCUT2D eigenvalue weighted by atomic mass is 35.5. The standard InChI is InChI=1S/C11H14ClFO3S/c1-11(2,6-14)7-4-8(12)10(9(13)5-7)17(3,15)16/h4-5,14H,6H2,1-3H3. The molecule has 1 aromatic rings. The molecule has 0 heterocycles. The summed E-state index contributed by atoms with van der Waals surface area (Å²) in [5.41, 5.74) is -0.226. The van der Waals surface area contributed by atoms with Crippen molar-refractivity contribution >= 4 is 21.4 Å². The average molecular weight is 281 g/mol. The highest BCUT2D eigenvalue weighted by Gasteiger charge is 2.25. The van der Waals surface area contributed by atoms with E-state index >= 15 is 0 Å². The Balaban J connectivity index is 3.49. The Labute approximate surface area is 105 Å². The van der Waals surface area contributed by atoms with E-state index in [1.165, 1.54) is 6.07 Å². The van der Waals surface area contributed by atoms with Gasteiger partial charge in [-0.2, -0.15) is 0 Å². The Morgan fingerprint density at radius 2 is 1.94 bits per heavy atom. The lowest BCUT2D eigenvalue weighted by Gasteiger charge is -2.23. The molecule has 0 spiro atoms. The molecule has 1 aromatic carbocycles. The van der Waals surface area contributed by atoms with Crippen molar-refractivity contribution in [1.82, 2.24) is 0 Å². The summed E-state index contributed by atoms with van der Waals surface area (Å²) in [6, 6.07) is 2.47. The number of sulfone groups is 1. The summed E-state index contributed by atoms with van der Waals surface area (Å²) in [5.74, 6) is -0.892. The quantitative estimate of drug-likeness (QED) is 0.923. The maximum Gasteiger partial charge on any atom is 0.179 e. The Bertz CT molecular complexity index is 515. The first-order valence-electron chi connectivity index (χ1n) is 4.90. The molecule has 6 heteroatoms. The number of hydrogen-bond donors (Lipinski definition) is 1. The van der Waals surface area contributed by atoms with Gasteiger partial charge in [0.05, 0.1) is 11.6 Å². The highest BCUT2D eigenvalue weighted by molar-refractivity contribution is 7.90. The second kappa shape index (κ2) is 4.55. The first kappa shape index (κ1) is 14.4. The van der Waals surface area contributed by atoms with Crippen molar-refractivity contribution < 1.29 is 17.9 Å². The molecule has 0 aliphatic heterocycles. The fraction of sp³-hybridized carbons (Fsp3) is 0.455. The molecule has 0 radical (unpaired) electrons. The Morgan fingerprint density at radius 1 is 1.41 bits per heavy atom. The van der Waals surface area contributed by atoms with Gasteiger partial charge in [0, 0.05) is 11.7 Å². The molecule has 96 valence electrons. The number of rotatable bonds is 3. The first-order valence-corrected chi connectivity index (χ1v) is 7.17. The van der Waals surface area contributed by atoms with E-state index in [1.54, 1.807) is 13.8 Å². The van der Waals surface area contributed by atoms with Gasteiger partial charge in [0.1, 0.15) is 10.7 Å². The van der Waals surface area contributed by atoms with Crippen LogP contribution >= 0.6 is 11.6 Å². The average Bonchev–Trinajstić information content (AvgIpc) is 2.14. The van der Waals surface area contributed by atoms with E-state index in [4.69, 9.17) is 11.6 Å². The summed E-state index contributed by atoms with van der Waals surface area (Å²) < 4.78 is 36.4. The van der Waals surface area contributed by atoms with Gasteiger partial charge in [0.2, 0.25) is 0 Å². The van der Waals surface area contributed by atoms with Gasteiger partial charge in [-0.15, -0.1) is 0 Å². The molecule has 0 bridgehead atoms. The minimum atomic E-state index is -3.70. The molecule has 17 heavy (non-hydrogen) atoms. The molecule has 0 aromatic heterocycles. The van der Waals surface area contributed by atoms with Crippen LogP contribution in [0.5, 0.6) is 0 Å². The van der Waals surface area contributed by atoms with Crippen molar-refractivity contribution in [3.63, 3.8) is 0 Å². The van der Waals surface area contributed by atoms with E-state index in [9.17, 15) is 17.9 Å². The molecule has 1 N–H and O–H groups in total. The molecule has 0 unspecified atom stereocenters. The van der Waals surface area contributed by atoms with Crippen molar-refractivity contribution in [1.29, 1.82) is 0 Å². The third-order valence-electron chi connectivity index (χ3n) is 2.55. The van der Waals surface area contributed by atoms with Crippen LogP contribution in [0.2, 0.25) is 5.02 Å². The minimum Gasteiger partial charge on any atom is -0.395 e. The molecule has 0 aliphatic carbocycles. The SMILES string of the molecule is CC(C)(CO)c1cc(F)c(S(C)(=O)=O)c(Cl)c1. The fourth-order valence-electron chi connectivity index (χ4n) is 1.40. The van der Waals surface area contributed by atoms with Gasteiger partial charge in [-0.05, 0) is 17.7 Å². The lowest BCUT2D eigenvalue weighted by molar-refractivity contribution is 0.218. The summed E-state index contributed by atoms with van der Waals surface area (Å²) in [7, 11) is -3.70. The zero-order chi connectivity index (χ0) is 13.4. The molecule has 0 saturated heterocycles. The van der Waals surface area contributed by atoms with Crippen molar-refractivity contribution in [3.05, 3.63) is 28.5 Å². The van der Waals surface area contributed by atoms with Crippen molar-refractivity contribution in [2.24, 2.45) is 0 Å². The third kappa shape index (κ3) is 2.97. The van der Waals surface area contributed by atoms with Crippen LogP contribution < -0.4 is 0 Å². The van der Waals surface area contributed by atoms with Crippen molar-refractivity contribution in [3.8, 4) is 0 Å². The molecule has 0 saturated carbocycles. The molecule has 0 atom stereocenters. The maximum absolute atomic E-state index is 13.7. The molecular formula is C11H14ClFO3S. The monoisotopic (exact) mass is 280 g/mol. The molecule has 1 rings (SSSR count). The largest absolute Gasteiger partial charge is 0.395 e. The predicted molar refractivity (Wildman–Crippen MR) is 64.6 cm³/mol. The number of hydrogen-bond acceptors (Lipinski definition) is 3. The van der Waals surface area contributed by atoms with Crippen LogP contribution in [0.3, 0.4) is 0 Å².